The van der Waals surface area contributed by atoms with Crippen molar-refractivity contribution in [2.24, 2.45) is 5.92 Å². The Labute approximate surface area is 180 Å². The number of aromatic nitrogens is 3. The van der Waals surface area contributed by atoms with E-state index in [0.717, 1.165) is 34.4 Å². The fraction of sp³-hybridized carbons (Fsp3) is 0.364. The van der Waals surface area contributed by atoms with Gasteiger partial charge < -0.3 is 0 Å². The first-order valence-corrected chi connectivity index (χ1v) is 11.1. The second-order valence-electron chi connectivity index (χ2n) is 8.28. The van der Waals surface area contributed by atoms with Gasteiger partial charge in [-0.25, -0.2) is 0 Å². The molecule has 146 valence electrons. The van der Waals surface area contributed by atoms with E-state index in [0.29, 0.717) is 5.92 Å². The molecule has 3 aromatic rings. The van der Waals surface area contributed by atoms with E-state index in [1.807, 2.05) is 18.2 Å². The third-order valence-electron chi connectivity index (χ3n) is 5.03. The van der Waals surface area contributed by atoms with Gasteiger partial charge in [0, 0.05) is 22.9 Å². The lowest BCUT2D eigenvalue weighted by Crippen LogP contribution is -2.10. The fourth-order valence-corrected chi connectivity index (χ4v) is 4.99. The van der Waals surface area contributed by atoms with Gasteiger partial charge in [-0.2, -0.15) is 0 Å². The van der Waals surface area contributed by atoms with Crippen molar-refractivity contribution in [2.75, 3.05) is 5.75 Å². The Bertz CT molecular complexity index is 960. The highest BCUT2D eigenvalue weighted by atomic mass is 35.5. The van der Waals surface area contributed by atoms with Crippen molar-refractivity contribution < 1.29 is 0 Å². The van der Waals surface area contributed by atoms with Gasteiger partial charge in [-0.1, -0.05) is 75.0 Å². The Morgan fingerprint density at radius 3 is 2.25 bits per heavy atom. The molecule has 1 aliphatic rings. The van der Waals surface area contributed by atoms with Crippen molar-refractivity contribution >= 4 is 35.0 Å². The largest absolute Gasteiger partial charge is 0.270 e. The number of nitrogens with zero attached hydrogens (tertiary/aromatic N) is 3. The van der Waals surface area contributed by atoms with Crippen LogP contribution in [0.2, 0.25) is 0 Å². The number of thioether (sulfide) groups is 1. The van der Waals surface area contributed by atoms with Crippen LogP contribution in [0.3, 0.4) is 0 Å². The van der Waals surface area contributed by atoms with Crippen LogP contribution in [-0.2, 0) is 5.41 Å². The van der Waals surface area contributed by atoms with Gasteiger partial charge in [0.05, 0.1) is 0 Å². The molecule has 3 nitrogen and oxygen atoms in total. The maximum absolute atomic E-state index is 6.19. The summed E-state index contributed by atoms with van der Waals surface area (Å²) in [5.41, 5.74) is 3.51. The lowest BCUT2D eigenvalue weighted by Gasteiger charge is -2.19. The Morgan fingerprint density at radius 1 is 1.04 bits per heavy atom. The monoisotopic (exact) mass is 431 g/mol. The van der Waals surface area contributed by atoms with Crippen LogP contribution < -0.4 is 0 Å². The molecule has 2 aromatic carbocycles. The Kier molecular flexibility index (Phi) is 5.24. The zero-order chi connectivity index (χ0) is 19.9. The van der Waals surface area contributed by atoms with E-state index in [2.05, 4.69) is 71.9 Å². The van der Waals surface area contributed by atoms with Crippen molar-refractivity contribution in [3.63, 3.8) is 0 Å². The maximum Gasteiger partial charge on any atom is 0.196 e. The van der Waals surface area contributed by atoms with Crippen molar-refractivity contribution in [2.45, 2.75) is 42.1 Å². The summed E-state index contributed by atoms with van der Waals surface area (Å²) in [5.74, 6) is 1.98. The summed E-state index contributed by atoms with van der Waals surface area (Å²) in [6.45, 7) is 6.65. The Balaban J connectivity index is 1.69. The molecule has 0 aliphatic heterocycles. The van der Waals surface area contributed by atoms with E-state index in [4.69, 9.17) is 23.2 Å². The predicted octanol–water partition coefficient (Wildman–Crippen LogP) is 6.52. The summed E-state index contributed by atoms with van der Waals surface area (Å²) >= 11 is 14.0. The molecular weight excluding hydrogens is 409 g/mol. The van der Waals surface area contributed by atoms with Crippen LogP contribution in [0.4, 0.5) is 0 Å². The van der Waals surface area contributed by atoms with Crippen LogP contribution in [0.5, 0.6) is 0 Å². The van der Waals surface area contributed by atoms with Crippen LogP contribution >= 0.6 is 35.0 Å². The SMILES string of the molecule is CC(C)(C)c1ccc(-c2nnc(SCC3CC3(Cl)Cl)n2-c2ccccc2)cc1. The summed E-state index contributed by atoms with van der Waals surface area (Å²) in [4.78, 5) is 0. The molecule has 0 amide bonds. The predicted molar refractivity (Wildman–Crippen MR) is 119 cm³/mol. The summed E-state index contributed by atoms with van der Waals surface area (Å²) in [6.07, 6.45) is 0.837. The van der Waals surface area contributed by atoms with Gasteiger partial charge in [0.15, 0.2) is 11.0 Å². The summed E-state index contributed by atoms with van der Waals surface area (Å²) < 4.78 is 1.54. The first kappa shape index (κ1) is 19.8. The van der Waals surface area contributed by atoms with Gasteiger partial charge >= 0.3 is 0 Å². The van der Waals surface area contributed by atoms with Gasteiger partial charge in [-0.15, -0.1) is 33.4 Å². The molecule has 28 heavy (non-hydrogen) atoms. The highest BCUT2D eigenvalue weighted by Crippen LogP contribution is 2.54. The van der Waals surface area contributed by atoms with E-state index in [-0.39, 0.29) is 5.41 Å². The van der Waals surface area contributed by atoms with E-state index < -0.39 is 4.33 Å². The lowest BCUT2D eigenvalue weighted by molar-refractivity contribution is 0.590. The van der Waals surface area contributed by atoms with E-state index in [1.165, 1.54) is 5.56 Å². The molecule has 0 bridgehead atoms. The number of halogens is 2. The average Bonchev–Trinajstić information content (AvgIpc) is 3.09. The van der Waals surface area contributed by atoms with Crippen molar-refractivity contribution in [3.8, 4) is 17.1 Å². The van der Waals surface area contributed by atoms with Crippen LogP contribution in [0.15, 0.2) is 59.8 Å². The molecule has 1 aliphatic carbocycles. The van der Waals surface area contributed by atoms with Crippen LogP contribution in [-0.4, -0.2) is 24.9 Å². The van der Waals surface area contributed by atoms with Gasteiger partial charge in [0.25, 0.3) is 0 Å². The second kappa shape index (κ2) is 7.40. The first-order valence-electron chi connectivity index (χ1n) is 9.38. The smallest absolute Gasteiger partial charge is 0.196 e. The molecule has 1 fully saturated rings. The van der Waals surface area contributed by atoms with Gasteiger partial charge in [0.2, 0.25) is 0 Å². The molecular formula is C22H23Cl2N3S. The molecule has 0 radical (unpaired) electrons. The third kappa shape index (κ3) is 4.10. The van der Waals surface area contributed by atoms with E-state index in [1.54, 1.807) is 11.8 Å². The maximum atomic E-state index is 6.19. The minimum absolute atomic E-state index is 0.118. The molecule has 6 heteroatoms. The molecule has 1 heterocycles. The third-order valence-corrected chi connectivity index (χ3v) is 7.04. The Morgan fingerprint density at radius 2 is 1.68 bits per heavy atom. The highest BCUT2D eigenvalue weighted by molar-refractivity contribution is 7.99. The molecule has 0 N–H and O–H groups in total. The van der Waals surface area contributed by atoms with Crippen LogP contribution in [0, 0.1) is 5.92 Å². The quantitative estimate of drug-likeness (QED) is 0.340. The van der Waals surface area contributed by atoms with Gasteiger partial charge in [0.1, 0.15) is 4.33 Å². The molecule has 4 rings (SSSR count). The first-order chi connectivity index (χ1) is 13.3. The molecule has 0 saturated heterocycles. The molecule has 1 aromatic heterocycles. The lowest BCUT2D eigenvalue weighted by atomic mass is 9.87. The topological polar surface area (TPSA) is 30.7 Å². The number of hydrogen-bond donors (Lipinski definition) is 0. The zero-order valence-electron chi connectivity index (χ0n) is 16.2. The second-order valence-corrected chi connectivity index (χ2v) is 10.8. The zero-order valence-corrected chi connectivity index (χ0v) is 18.5. The number of rotatable bonds is 5. The summed E-state index contributed by atoms with van der Waals surface area (Å²) in [6, 6.07) is 18.8. The number of para-hydroxylation sites is 1. The van der Waals surface area contributed by atoms with E-state index >= 15 is 0 Å². The molecule has 1 atom stereocenters. The standard InChI is InChI=1S/C22H23Cl2N3S/c1-21(2,3)16-11-9-15(10-12-16)19-25-26-20(28-14-17-13-22(17,23)24)27(19)18-7-5-4-6-8-18/h4-12,17H,13-14H2,1-3H3. The van der Waals surface area contributed by atoms with Crippen molar-refractivity contribution in [3.05, 3.63) is 60.2 Å². The van der Waals surface area contributed by atoms with Crippen molar-refractivity contribution in [1.82, 2.24) is 14.8 Å². The molecule has 1 unspecified atom stereocenters. The van der Waals surface area contributed by atoms with E-state index in [9.17, 15) is 0 Å². The minimum atomic E-state index is -0.573. The number of benzene rings is 2. The van der Waals surface area contributed by atoms with Gasteiger partial charge in [-0.3, -0.25) is 4.57 Å². The van der Waals surface area contributed by atoms with Crippen LogP contribution in [0.25, 0.3) is 17.1 Å². The normalized spacial score (nSPS) is 18.2. The van der Waals surface area contributed by atoms with Gasteiger partial charge in [-0.05, 0) is 29.5 Å². The average molecular weight is 432 g/mol. The number of hydrogen-bond acceptors (Lipinski definition) is 3. The highest BCUT2D eigenvalue weighted by Gasteiger charge is 2.51. The molecule has 1 saturated carbocycles. The Hall–Kier alpha value is -1.49. The summed E-state index contributed by atoms with van der Waals surface area (Å²) in [7, 11) is 0. The summed E-state index contributed by atoms with van der Waals surface area (Å²) in [5, 5.41) is 9.85. The minimum Gasteiger partial charge on any atom is -0.270 e. The van der Waals surface area contributed by atoms with Crippen LogP contribution in [0.1, 0.15) is 32.8 Å². The van der Waals surface area contributed by atoms with Crippen molar-refractivity contribution in [1.29, 1.82) is 0 Å². The molecule has 0 spiro atoms. The number of alkyl halides is 2. The fourth-order valence-electron chi connectivity index (χ4n) is 3.11.